The van der Waals surface area contributed by atoms with Crippen LogP contribution in [0.2, 0.25) is 5.15 Å². The van der Waals surface area contributed by atoms with Crippen molar-refractivity contribution in [3.63, 3.8) is 0 Å². The van der Waals surface area contributed by atoms with Crippen molar-refractivity contribution in [2.75, 3.05) is 13.7 Å². The Hall–Kier alpha value is -2.94. The summed E-state index contributed by atoms with van der Waals surface area (Å²) < 4.78 is 19.1. The molecular formula is C15H14ClFN4O4. The lowest BCUT2D eigenvalue weighted by atomic mass is 10.2. The number of aryl methyl sites for hydroxylation is 1. The van der Waals surface area contributed by atoms with Crippen LogP contribution in [-0.2, 0) is 9.53 Å². The van der Waals surface area contributed by atoms with Gasteiger partial charge in [0.05, 0.1) is 11.4 Å². The maximum atomic E-state index is 13.0. The molecule has 2 rings (SSSR count). The number of aromatic nitrogens is 2. The number of carbonyl (C=O) groups is 3. The van der Waals surface area contributed by atoms with Crippen LogP contribution >= 0.6 is 11.6 Å². The van der Waals surface area contributed by atoms with Crippen molar-refractivity contribution < 1.29 is 23.5 Å². The summed E-state index contributed by atoms with van der Waals surface area (Å²) in [5, 5.41) is 8.21. The molecule has 0 aliphatic carbocycles. The van der Waals surface area contributed by atoms with E-state index < -0.39 is 30.3 Å². The number of imide groups is 1. The Balaban J connectivity index is 2.14. The minimum absolute atomic E-state index is 0.0289. The van der Waals surface area contributed by atoms with Gasteiger partial charge in [0.25, 0.3) is 5.91 Å². The standard InChI is InChI=1S/C15H14ClFN4O4/c1-8-12(14(23)25-7-11(22)19-15(24)18-2)13(16)21(20-8)10-5-3-9(17)4-6-10/h3-6H,7H2,1-2H3,(H2,18,19,22,24). The van der Waals surface area contributed by atoms with Crippen molar-refractivity contribution in [1.82, 2.24) is 20.4 Å². The summed E-state index contributed by atoms with van der Waals surface area (Å²) in [6.07, 6.45) is 0. The number of rotatable bonds is 4. The SMILES string of the molecule is CNC(=O)NC(=O)COC(=O)c1c(C)nn(-c2ccc(F)cc2)c1Cl. The molecule has 0 atom stereocenters. The van der Waals surface area contributed by atoms with Gasteiger partial charge in [-0.25, -0.2) is 18.7 Å². The molecule has 2 N–H and O–H groups in total. The zero-order chi connectivity index (χ0) is 18.6. The number of nitrogens with zero attached hydrogens (tertiary/aromatic N) is 2. The van der Waals surface area contributed by atoms with Crippen LogP contribution in [0.25, 0.3) is 5.69 Å². The van der Waals surface area contributed by atoms with Crippen molar-refractivity contribution in [3.8, 4) is 5.69 Å². The molecule has 2 aromatic rings. The van der Waals surface area contributed by atoms with Gasteiger partial charge in [-0.1, -0.05) is 11.6 Å². The number of hydrogen-bond acceptors (Lipinski definition) is 5. The van der Waals surface area contributed by atoms with Crippen molar-refractivity contribution in [1.29, 1.82) is 0 Å². The lowest BCUT2D eigenvalue weighted by Gasteiger charge is -2.06. The number of carbonyl (C=O) groups excluding carboxylic acids is 3. The van der Waals surface area contributed by atoms with Gasteiger partial charge in [0.15, 0.2) is 6.61 Å². The lowest BCUT2D eigenvalue weighted by Crippen LogP contribution is -2.39. The summed E-state index contributed by atoms with van der Waals surface area (Å²) in [4.78, 5) is 34.6. The van der Waals surface area contributed by atoms with Gasteiger partial charge in [0.1, 0.15) is 16.5 Å². The zero-order valence-corrected chi connectivity index (χ0v) is 14.1. The normalized spacial score (nSPS) is 10.2. The van der Waals surface area contributed by atoms with Crippen LogP contribution in [0, 0.1) is 12.7 Å². The molecule has 0 spiro atoms. The zero-order valence-electron chi connectivity index (χ0n) is 13.3. The van der Waals surface area contributed by atoms with Gasteiger partial charge in [-0.2, -0.15) is 5.10 Å². The van der Waals surface area contributed by atoms with Crippen molar-refractivity contribution in [3.05, 3.63) is 46.5 Å². The second kappa shape index (κ2) is 7.75. The topological polar surface area (TPSA) is 102 Å². The molecule has 0 radical (unpaired) electrons. The number of amides is 3. The van der Waals surface area contributed by atoms with E-state index in [1.807, 2.05) is 5.32 Å². The fourth-order valence-electron chi connectivity index (χ4n) is 1.91. The summed E-state index contributed by atoms with van der Waals surface area (Å²) in [5.41, 5.74) is 0.690. The minimum Gasteiger partial charge on any atom is -0.452 e. The molecule has 1 heterocycles. The Morgan fingerprint density at radius 2 is 1.92 bits per heavy atom. The molecule has 0 unspecified atom stereocenters. The highest BCUT2D eigenvalue weighted by Gasteiger charge is 2.23. The number of nitrogens with one attached hydrogen (secondary N) is 2. The number of esters is 1. The third kappa shape index (κ3) is 4.32. The number of ether oxygens (including phenoxy) is 1. The molecule has 1 aromatic heterocycles. The first-order chi connectivity index (χ1) is 11.8. The minimum atomic E-state index is -0.872. The molecule has 25 heavy (non-hydrogen) atoms. The smallest absolute Gasteiger partial charge is 0.343 e. The molecule has 0 saturated carbocycles. The fraction of sp³-hybridized carbons (Fsp3) is 0.200. The average molecular weight is 369 g/mol. The van der Waals surface area contributed by atoms with E-state index in [1.165, 1.54) is 42.9 Å². The molecular weight excluding hydrogens is 355 g/mol. The Morgan fingerprint density at radius 3 is 2.52 bits per heavy atom. The van der Waals surface area contributed by atoms with Crippen molar-refractivity contribution in [2.24, 2.45) is 0 Å². The van der Waals surface area contributed by atoms with Gasteiger partial charge < -0.3 is 10.1 Å². The first-order valence-electron chi connectivity index (χ1n) is 7.03. The molecule has 0 fully saturated rings. The molecule has 132 valence electrons. The van der Waals surface area contributed by atoms with E-state index >= 15 is 0 Å². The predicted molar refractivity (Wildman–Crippen MR) is 86.1 cm³/mol. The Morgan fingerprint density at radius 1 is 1.28 bits per heavy atom. The van der Waals surface area contributed by atoms with Gasteiger partial charge in [-0.3, -0.25) is 10.1 Å². The molecule has 0 aliphatic rings. The fourth-order valence-corrected chi connectivity index (χ4v) is 2.26. The Bertz CT molecular complexity index is 820. The number of benzene rings is 1. The number of halogens is 2. The van der Waals surface area contributed by atoms with E-state index in [9.17, 15) is 18.8 Å². The molecule has 1 aromatic carbocycles. The second-order valence-electron chi connectivity index (χ2n) is 4.84. The third-order valence-electron chi connectivity index (χ3n) is 3.09. The van der Waals surface area contributed by atoms with Crippen LogP contribution < -0.4 is 10.6 Å². The molecule has 8 nitrogen and oxygen atoms in total. The van der Waals surface area contributed by atoms with Gasteiger partial charge in [-0.05, 0) is 31.2 Å². The van der Waals surface area contributed by atoms with E-state index in [-0.39, 0.29) is 16.4 Å². The van der Waals surface area contributed by atoms with E-state index in [4.69, 9.17) is 16.3 Å². The largest absolute Gasteiger partial charge is 0.452 e. The molecule has 0 saturated heterocycles. The predicted octanol–water partition coefficient (Wildman–Crippen LogP) is 1.59. The van der Waals surface area contributed by atoms with Crippen LogP contribution in [0.3, 0.4) is 0 Å². The highest BCUT2D eigenvalue weighted by Crippen LogP contribution is 2.24. The highest BCUT2D eigenvalue weighted by molar-refractivity contribution is 6.33. The maximum absolute atomic E-state index is 13.0. The van der Waals surface area contributed by atoms with Gasteiger partial charge in [-0.15, -0.1) is 0 Å². The van der Waals surface area contributed by atoms with E-state index in [0.29, 0.717) is 5.69 Å². The van der Waals surface area contributed by atoms with E-state index in [0.717, 1.165) is 0 Å². The van der Waals surface area contributed by atoms with Gasteiger partial charge >= 0.3 is 12.0 Å². The first-order valence-corrected chi connectivity index (χ1v) is 7.41. The van der Waals surface area contributed by atoms with Gasteiger partial charge in [0, 0.05) is 7.05 Å². The first kappa shape index (κ1) is 18.4. The summed E-state index contributed by atoms with van der Waals surface area (Å²) in [7, 11) is 1.33. The molecule has 3 amide bonds. The van der Waals surface area contributed by atoms with Crippen LogP contribution in [0.1, 0.15) is 16.1 Å². The summed E-state index contributed by atoms with van der Waals surface area (Å²) in [6, 6.07) is 4.62. The summed E-state index contributed by atoms with van der Waals surface area (Å²) >= 11 is 6.16. The quantitative estimate of drug-likeness (QED) is 0.798. The number of hydrogen-bond donors (Lipinski definition) is 2. The summed E-state index contributed by atoms with van der Waals surface area (Å²) in [5.74, 6) is -2.10. The maximum Gasteiger partial charge on any atom is 0.343 e. The lowest BCUT2D eigenvalue weighted by molar-refractivity contribution is -0.123. The van der Waals surface area contributed by atoms with Crippen LogP contribution in [0.5, 0.6) is 0 Å². The van der Waals surface area contributed by atoms with Crippen LogP contribution in [0.4, 0.5) is 9.18 Å². The highest BCUT2D eigenvalue weighted by atomic mass is 35.5. The molecule has 0 bridgehead atoms. The second-order valence-corrected chi connectivity index (χ2v) is 5.20. The van der Waals surface area contributed by atoms with Crippen LogP contribution in [-0.4, -0.2) is 41.3 Å². The van der Waals surface area contributed by atoms with Gasteiger partial charge in [0.2, 0.25) is 0 Å². The van der Waals surface area contributed by atoms with Crippen molar-refractivity contribution in [2.45, 2.75) is 6.92 Å². The van der Waals surface area contributed by atoms with E-state index in [1.54, 1.807) is 0 Å². The number of urea groups is 1. The monoisotopic (exact) mass is 368 g/mol. The van der Waals surface area contributed by atoms with E-state index in [2.05, 4.69) is 10.4 Å². The molecule has 10 heteroatoms. The molecule has 0 aliphatic heterocycles. The van der Waals surface area contributed by atoms with Crippen molar-refractivity contribution >= 4 is 29.5 Å². The third-order valence-corrected chi connectivity index (χ3v) is 3.44. The summed E-state index contributed by atoms with van der Waals surface area (Å²) in [6.45, 7) is 0.872. The van der Waals surface area contributed by atoms with Crippen LogP contribution in [0.15, 0.2) is 24.3 Å². The average Bonchev–Trinajstić information content (AvgIpc) is 2.88. The Kier molecular flexibility index (Phi) is 5.71. The Labute approximate surface area is 146 Å².